The Bertz CT molecular complexity index is 1250. The summed E-state index contributed by atoms with van der Waals surface area (Å²) in [7, 11) is 0. The molecule has 2 fully saturated rings. The first-order valence-electron chi connectivity index (χ1n) is 17.3. The fourth-order valence-electron chi connectivity index (χ4n) is 7.66. The van der Waals surface area contributed by atoms with Crippen molar-refractivity contribution in [2.75, 3.05) is 39.3 Å². The van der Waals surface area contributed by atoms with Crippen molar-refractivity contribution in [2.45, 2.75) is 103 Å². The lowest BCUT2D eigenvalue weighted by molar-refractivity contribution is -0.138. The molecule has 2 amide bonds. The van der Waals surface area contributed by atoms with Gasteiger partial charge in [0.25, 0.3) is 0 Å². The lowest BCUT2D eigenvalue weighted by Gasteiger charge is -2.46. The third-order valence-electron chi connectivity index (χ3n) is 10.1. The molecule has 2 aromatic carbocycles. The van der Waals surface area contributed by atoms with Crippen LogP contribution in [0.25, 0.3) is 0 Å². The Kier molecular flexibility index (Phi) is 12.0. The monoisotopic (exact) mass is 635 g/mol. The van der Waals surface area contributed by atoms with Crippen molar-refractivity contribution in [1.82, 2.24) is 25.3 Å². The Morgan fingerprint density at radius 3 is 2.22 bits per heavy atom. The van der Waals surface area contributed by atoms with Crippen molar-refractivity contribution in [3.8, 4) is 0 Å². The maximum atomic E-state index is 14.1. The number of rotatable bonds is 11. The van der Waals surface area contributed by atoms with Crippen LogP contribution in [0.2, 0.25) is 5.02 Å². The molecule has 0 bridgehead atoms. The zero-order valence-electron chi connectivity index (χ0n) is 27.8. The number of fused-ring (bicyclic) bond motifs is 1. The lowest BCUT2D eigenvalue weighted by atomic mass is 9.92. The van der Waals surface area contributed by atoms with Crippen LogP contribution >= 0.6 is 11.6 Å². The van der Waals surface area contributed by atoms with Gasteiger partial charge >= 0.3 is 0 Å². The van der Waals surface area contributed by atoms with Gasteiger partial charge in [-0.05, 0) is 100 Å². The Morgan fingerprint density at radius 1 is 0.933 bits per heavy atom. The summed E-state index contributed by atoms with van der Waals surface area (Å²) in [5.74, 6) is 0.536. The number of piperidine rings is 2. The van der Waals surface area contributed by atoms with Crippen molar-refractivity contribution in [1.29, 1.82) is 0 Å². The Labute approximate surface area is 276 Å². The van der Waals surface area contributed by atoms with Crippen molar-refractivity contribution in [2.24, 2.45) is 5.92 Å². The van der Waals surface area contributed by atoms with E-state index in [-0.39, 0.29) is 17.9 Å². The molecule has 2 N–H and O–H groups in total. The average Bonchev–Trinajstić information content (AvgIpc) is 3.04. The third kappa shape index (κ3) is 9.09. The fraction of sp³-hybridized carbons (Fsp3) is 0.622. The van der Waals surface area contributed by atoms with Crippen LogP contribution in [0.4, 0.5) is 0 Å². The van der Waals surface area contributed by atoms with Crippen molar-refractivity contribution < 1.29 is 9.59 Å². The summed E-state index contributed by atoms with van der Waals surface area (Å²) in [6.45, 7) is 15.0. The van der Waals surface area contributed by atoms with Crippen LogP contribution in [0.5, 0.6) is 0 Å². The number of nitrogens with one attached hydrogen (secondary N) is 2. The molecule has 2 aromatic rings. The highest BCUT2D eigenvalue weighted by molar-refractivity contribution is 6.30. The SMILES string of the molecule is CC(C)CN(C1CCN(C(=O)[C@@H](Cc2ccc(Cl)cc2)NC(=O)C[C@@H]2NCCc3ccccc32)CC1)C1CCN(C(C)C)CC1. The van der Waals surface area contributed by atoms with Gasteiger partial charge in [-0.3, -0.25) is 14.5 Å². The van der Waals surface area contributed by atoms with Gasteiger partial charge in [0.2, 0.25) is 11.8 Å². The molecule has 0 radical (unpaired) electrons. The van der Waals surface area contributed by atoms with E-state index < -0.39 is 6.04 Å². The van der Waals surface area contributed by atoms with E-state index >= 15 is 0 Å². The minimum Gasteiger partial charge on any atom is -0.344 e. The van der Waals surface area contributed by atoms with Gasteiger partial charge in [0.1, 0.15) is 6.04 Å². The minimum atomic E-state index is -0.610. The minimum absolute atomic E-state index is 0.0226. The number of benzene rings is 2. The highest BCUT2D eigenvalue weighted by Crippen LogP contribution is 2.28. The predicted molar refractivity (Wildman–Crippen MR) is 183 cm³/mol. The number of carbonyl (C=O) groups is 2. The van der Waals surface area contributed by atoms with Crippen LogP contribution in [-0.2, 0) is 22.4 Å². The summed E-state index contributed by atoms with van der Waals surface area (Å²) in [5, 5.41) is 7.34. The first-order valence-corrected chi connectivity index (χ1v) is 17.7. The molecule has 7 nitrogen and oxygen atoms in total. The van der Waals surface area contributed by atoms with E-state index in [1.54, 1.807) is 0 Å². The second-order valence-electron chi connectivity index (χ2n) is 14.1. The van der Waals surface area contributed by atoms with Crippen LogP contribution in [0.3, 0.4) is 0 Å². The average molecular weight is 636 g/mol. The zero-order valence-corrected chi connectivity index (χ0v) is 28.6. The zero-order chi connectivity index (χ0) is 31.9. The van der Waals surface area contributed by atoms with Crippen molar-refractivity contribution in [3.05, 3.63) is 70.2 Å². The molecule has 8 heteroatoms. The van der Waals surface area contributed by atoms with Gasteiger partial charge in [0.15, 0.2) is 0 Å². The third-order valence-corrected chi connectivity index (χ3v) is 10.4. The van der Waals surface area contributed by atoms with Crippen molar-refractivity contribution in [3.63, 3.8) is 0 Å². The van der Waals surface area contributed by atoms with Gasteiger partial charge < -0.3 is 20.4 Å². The smallest absolute Gasteiger partial charge is 0.245 e. The highest BCUT2D eigenvalue weighted by Gasteiger charge is 2.35. The molecule has 45 heavy (non-hydrogen) atoms. The first-order chi connectivity index (χ1) is 21.7. The molecule has 0 aromatic heterocycles. The summed E-state index contributed by atoms with van der Waals surface area (Å²) in [6, 6.07) is 17.0. The van der Waals surface area contributed by atoms with E-state index in [2.05, 4.69) is 66.3 Å². The van der Waals surface area contributed by atoms with Crippen LogP contribution in [0.15, 0.2) is 48.5 Å². The number of halogens is 1. The van der Waals surface area contributed by atoms with E-state index in [0.717, 1.165) is 51.0 Å². The second kappa shape index (κ2) is 15.9. The molecule has 2 saturated heterocycles. The van der Waals surface area contributed by atoms with E-state index in [0.29, 0.717) is 41.9 Å². The maximum absolute atomic E-state index is 14.1. The predicted octanol–water partition coefficient (Wildman–Crippen LogP) is 5.47. The number of carbonyl (C=O) groups excluding carboxylic acids is 2. The maximum Gasteiger partial charge on any atom is 0.245 e. The fourth-order valence-corrected chi connectivity index (χ4v) is 7.79. The molecular formula is C37H54ClN5O2. The molecule has 2 atom stereocenters. The number of hydrogen-bond donors (Lipinski definition) is 2. The number of amides is 2. The largest absolute Gasteiger partial charge is 0.344 e. The topological polar surface area (TPSA) is 67.9 Å². The summed E-state index contributed by atoms with van der Waals surface area (Å²) in [5.41, 5.74) is 3.47. The molecule has 0 unspecified atom stereocenters. The second-order valence-corrected chi connectivity index (χ2v) is 14.6. The number of hydrogen-bond acceptors (Lipinski definition) is 5. The summed E-state index contributed by atoms with van der Waals surface area (Å²) >= 11 is 6.16. The Morgan fingerprint density at radius 2 is 1.58 bits per heavy atom. The molecule has 0 aliphatic carbocycles. The van der Waals surface area contributed by atoms with Gasteiger partial charge in [-0.15, -0.1) is 0 Å². The molecule has 0 saturated carbocycles. The molecule has 3 heterocycles. The van der Waals surface area contributed by atoms with Crippen molar-refractivity contribution >= 4 is 23.4 Å². The van der Waals surface area contributed by atoms with E-state index in [9.17, 15) is 9.59 Å². The normalized spacial score (nSPS) is 20.9. The van der Waals surface area contributed by atoms with Gasteiger partial charge in [0.05, 0.1) is 0 Å². The summed E-state index contributed by atoms with van der Waals surface area (Å²) in [6.07, 6.45) is 6.13. The highest BCUT2D eigenvalue weighted by atomic mass is 35.5. The van der Waals surface area contributed by atoms with Crippen LogP contribution in [-0.4, -0.2) is 89.9 Å². The molecular weight excluding hydrogens is 582 g/mol. The molecule has 3 aliphatic heterocycles. The van der Waals surface area contributed by atoms with Crippen LogP contribution < -0.4 is 10.6 Å². The van der Waals surface area contributed by atoms with Gasteiger partial charge in [0, 0.05) is 61.7 Å². The summed E-state index contributed by atoms with van der Waals surface area (Å²) < 4.78 is 0. The van der Waals surface area contributed by atoms with Gasteiger partial charge in [-0.2, -0.15) is 0 Å². The molecule has 0 spiro atoms. The quantitative estimate of drug-likeness (QED) is 0.343. The van der Waals surface area contributed by atoms with E-state index in [1.807, 2.05) is 35.2 Å². The number of likely N-dealkylation sites (tertiary alicyclic amines) is 2. The van der Waals surface area contributed by atoms with E-state index in [4.69, 9.17) is 11.6 Å². The molecule has 3 aliphatic rings. The standard InChI is InChI=1S/C37H54ClN5O2/c1-26(2)25-43(31-14-19-41(20-15-31)27(3)4)32-16-21-42(22-17-32)37(45)35(23-28-9-11-30(38)12-10-28)40-36(44)24-34-33-8-6-5-7-29(33)13-18-39-34/h5-12,26-27,31-32,34-35,39H,13-25H2,1-4H3,(H,40,44)/t34-,35+/m0/s1. The Hall–Kier alpha value is -2.45. The summed E-state index contributed by atoms with van der Waals surface area (Å²) in [4.78, 5) is 35.0. The van der Waals surface area contributed by atoms with Crippen LogP contribution in [0, 0.1) is 5.92 Å². The van der Waals surface area contributed by atoms with E-state index in [1.165, 1.54) is 37.1 Å². The van der Waals surface area contributed by atoms with Gasteiger partial charge in [-0.1, -0.05) is 61.8 Å². The first kappa shape index (κ1) is 33.9. The van der Waals surface area contributed by atoms with Crippen LogP contribution in [0.1, 0.15) is 82.5 Å². The number of nitrogens with zero attached hydrogens (tertiary/aromatic N) is 3. The lowest BCUT2D eigenvalue weighted by Crippen LogP contribution is -2.56. The molecule has 246 valence electrons. The Balaban J connectivity index is 1.23. The van der Waals surface area contributed by atoms with Gasteiger partial charge in [-0.25, -0.2) is 0 Å². The molecule has 5 rings (SSSR count).